The van der Waals surface area contributed by atoms with Crippen molar-refractivity contribution in [3.8, 4) is 0 Å². The molecular weight excluding hydrogens is 346 g/mol. The van der Waals surface area contributed by atoms with E-state index in [1.54, 1.807) is 6.34 Å². The molecule has 28 heavy (non-hydrogen) atoms. The number of nitrogens with zero attached hydrogens (tertiary/aromatic N) is 2. The third-order valence-corrected chi connectivity index (χ3v) is 5.68. The van der Waals surface area contributed by atoms with Gasteiger partial charge < -0.3 is 16.4 Å². The minimum atomic E-state index is -0.525. The number of hydrogen-bond donors (Lipinski definition) is 3. The molecule has 3 aliphatic rings. The Bertz CT molecular complexity index is 1130. The van der Waals surface area contributed by atoms with Crippen LogP contribution in [0.2, 0.25) is 0 Å². The molecule has 2 atom stereocenters. The quantitative estimate of drug-likeness (QED) is 0.755. The normalized spacial score (nSPS) is 25.9. The molecule has 5 heteroatoms. The van der Waals surface area contributed by atoms with Gasteiger partial charge in [-0.3, -0.25) is 0 Å². The number of nitrogens with two attached hydrogens (primary N) is 1. The summed E-state index contributed by atoms with van der Waals surface area (Å²) in [6.45, 7) is 4.25. The Balaban J connectivity index is 1.56. The third-order valence-electron chi connectivity index (χ3n) is 5.68. The average Bonchev–Trinajstić information content (AvgIpc) is 3.06. The van der Waals surface area contributed by atoms with Crippen LogP contribution in [0.3, 0.4) is 0 Å². The van der Waals surface area contributed by atoms with Crippen molar-refractivity contribution in [2.75, 3.05) is 0 Å². The largest absolute Gasteiger partial charge is 0.385 e. The summed E-state index contributed by atoms with van der Waals surface area (Å²) in [4.78, 5) is 9.46. The fourth-order valence-electron chi connectivity index (χ4n) is 4.02. The van der Waals surface area contributed by atoms with Crippen molar-refractivity contribution in [2.45, 2.75) is 25.9 Å². The molecule has 0 amide bonds. The van der Waals surface area contributed by atoms with Gasteiger partial charge in [-0.05, 0) is 42.5 Å². The van der Waals surface area contributed by atoms with Gasteiger partial charge in [-0.25, -0.2) is 9.98 Å². The molecule has 0 saturated carbocycles. The predicted octanol–water partition coefficient (Wildman–Crippen LogP) is 3.68. The first-order chi connectivity index (χ1) is 13.5. The van der Waals surface area contributed by atoms with Gasteiger partial charge in [0.2, 0.25) is 0 Å². The lowest BCUT2D eigenvalue weighted by atomic mass is 9.91. The summed E-state index contributed by atoms with van der Waals surface area (Å²) < 4.78 is 0. The monoisotopic (exact) mass is 369 g/mol. The summed E-state index contributed by atoms with van der Waals surface area (Å²) in [7, 11) is 0. The average molecular weight is 369 g/mol. The smallest absolute Gasteiger partial charge is 0.158 e. The zero-order chi connectivity index (χ0) is 19.3. The van der Waals surface area contributed by atoms with Gasteiger partial charge >= 0.3 is 0 Å². The zero-order valence-electron chi connectivity index (χ0n) is 16.0. The standard InChI is InChI=1S/C23H23N5/c1-14-3-5-15(6-4-14)19-10-9-16-7-8-17(11-20(16)28-19)18-12-26-23(2)21(18)22(24)25-13-27-23/h3,5-14,26H,4,24H2,1-2H3,(H,25,27). The van der Waals surface area contributed by atoms with Crippen molar-refractivity contribution < 1.29 is 0 Å². The van der Waals surface area contributed by atoms with E-state index < -0.39 is 5.66 Å². The molecule has 0 saturated heterocycles. The third kappa shape index (κ3) is 2.62. The molecule has 1 aromatic heterocycles. The maximum atomic E-state index is 6.24. The maximum Gasteiger partial charge on any atom is 0.158 e. The van der Waals surface area contributed by atoms with E-state index in [1.165, 1.54) is 5.57 Å². The number of aromatic nitrogens is 1. The van der Waals surface area contributed by atoms with Crippen LogP contribution in [0.5, 0.6) is 0 Å². The first-order valence-corrected chi connectivity index (χ1v) is 9.62. The molecular formula is C23H23N5. The van der Waals surface area contributed by atoms with E-state index in [9.17, 15) is 0 Å². The molecule has 5 nitrogen and oxygen atoms in total. The van der Waals surface area contributed by atoms with Gasteiger partial charge in [-0.1, -0.05) is 43.4 Å². The van der Waals surface area contributed by atoms with Gasteiger partial charge in [0.1, 0.15) is 5.82 Å². The molecule has 140 valence electrons. The minimum absolute atomic E-state index is 0.525. The van der Waals surface area contributed by atoms with E-state index in [4.69, 9.17) is 10.7 Å². The van der Waals surface area contributed by atoms with Gasteiger partial charge in [0, 0.05) is 22.7 Å². The summed E-state index contributed by atoms with van der Waals surface area (Å²) in [6.07, 6.45) is 11.4. The van der Waals surface area contributed by atoms with Crippen LogP contribution in [0.4, 0.5) is 0 Å². The van der Waals surface area contributed by atoms with Crippen LogP contribution in [0.15, 0.2) is 71.1 Å². The second kappa shape index (κ2) is 6.09. The summed E-state index contributed by atoms with van der Waals surface area (Å²) in [5, 5.41) is 7.50. The first-order valence-electron chi connectivity index (χ1n) is 9.62. The highest BCUT2D eigenvalue weighted by Crippen LogP contribution is 2.39. The van der Waals surface area contributed by atoms with Gasteiger partial charge in [-0.2, -0.15) is 0 Å². The minimum Gasteiger partial charge on any atom is -0.385 e. The second-order valence-electron chi connectivity index (χ2n) is 7.80. The molecule has 2 aliphatic heterocycles. The van der Waals surface area contributed by atoms with E-state index >= 15 is 0 Å². The SMILES string of the molecule is CC1C=CC(c2ccc3ccc(C4=CNC5(C)N=CNC(N)=C45)cc3n2)=CC1. The van der Waals surface area contributed by atoms with E-state index in [0.717, 1.165) is 39.7 Å². The van der Waals surface area contributed by atoms with Crippen LogP contribution in [-0.4, -0.2) is 17.0 Å². The summed E-state index contributed by atoms with van der Waals surface area (Å²) in [5.41, 5.74) is 12.0. The Morgan fingerprint density at radius 1 is 1.21 bits per heavy atom. The van der Waals surface area contributed by atoms with Crippen LogP contribution in [0, 0.1) is 5.92 Å². The Morgan fingerprint density at radius 2 is 2.07 bits per heavy atom. The fraction of sp³-hybridized carbons (Fsp3) is 0.217. The number of benzene rings is 1. The van der Waals surface area contributed by atoms with Crippen LogP contribution < -0.4 is 16.4 Å². The summed E-state index contributed by atoms with van der Waals surface area (Å²) in [6, 6.07) is 10.6. The summed E-state index contributed by atoms with van der Waals surface area (Å²) in [5.74, 6) is 1.22. The molecule has 0 spiro atoms. The van der Waals surface area contributed by atoms with Gasteiger partial charge in [0.05, 0.1) is 17.5 Å². The molecule has 3 heterocycles. The number of allylic oxidation sites excluding steroid dienone is 4. The number of aliphatic imine (C=N–C) groups is 1. The predicted molar refractivity (Wildman–Crippen MR) is 115 cm³/mol. The number of nitrogens with one attached hydrogen (secondary N) is 2. The summed E-state index contributed by atoms with van der Waals surface area (Å²) >= 11 is 0. The lowest BCUT2D eigenvalue weighted by Crippen LogP contribution is -2.42. The highest BCUT2D eigenvalue weighted by Gasteiger charge is 2.38. The number of rotatable bonds is 2. The molecule has 0 radical (unpaired) electrons. The number of fused-ring (bicyclic) bond motifs is 2. The zero-order valence-corrected chi connectivity index (χ0v) is 16.0. The number of pyridine rings is 1. The van der Waals surface area contributed by atoms with E-state index in [2.05, 4.69) is 71.1 Å². The highest BCUT2D eigenvalue weighted by molar-refractivity contribution is 5.91. The Labute approximate surface area is 164 Å². The van der Waals surface area contributed by atoms with Crippen molar-refractivity contribution in [1.82, 2.24) is 15.6 Å². The molecule has 2 aromatic rings. The van der Waals surface area contributed by atoms with Crippen LogP contribution in [0.25, 0.3) is 22.0 Å². The molecule has 4 N–H and O–H groups in total. The Hall–Kier alpha value is -3.34. The maximum absolute atomic E-state index is 6.24. The van der Waals surface area contributed by atoms with Gasteiger partial charge in [-0.15, -0.1) is 0 Å². The van der Waals surface area contributed by atoms with E-state index in [1.807, 2.05) is 13.1 Å². The van der Waals surface area contributed by atoms with E-state index in [0.29, 0.717) is 11.7 Å². The van der Waals surface area contributed by atoms with E-state index in [-0.39, 0.29) is 0 Å². The lowest BCUT2D eigenvalue weighted by Gasteiger charge is -2.28. The fourth-order valence-corrected chi connectivity index (χ4v) is 4.02. The molecule has 2 unspecified atom stereocenters. The van der Waals surface area contributed by atoms with Crippen molar-refractivity contribution in [3.05, 3.63) is 77.4 Å². The van der Waals surface area contributed by atoms with Crippen LogP contribution in [0.1, 0.15) is 31.5 Å². The van der Waals surface area contributed by atoms with Crippen LogP contribution >= 0.6 is 0 Å². The lowest BCUT2D eigenvalue weighted by molar-refractivity contribution is 0.514. The van der Waals surface area contributed by atoms with Crippen molar-refractivity contribution in [2.24, 2.45) is 16.6 Å². The second-order valence-corrected chi connectivity index (χ2v) is 7.80. The molecule has 1 aromatic carbocycles. The molecule has 0 fully saturated rings. The van der Waals surface area contributed by atoms with Crippen molar-refractivity contribution >= 4 is 28.4 Å². The van der Waals surface area contributed by atoms with Crippen molar-refractivity contribution in [3.63, 3.8) is 0 Å². The molecule has 0 bridgehead atoms. The van der Waals surface area contributed by atoms with Crippen LogP contribution in [-0.2, 0) is 0 Å². The molecule has 5 rings (SSSR count). The highest BCUT2D eigenvalue weighted by atomic mass is 15.2. The Kier molecular flexibility index (Phi) is 3.66. The van der Waals surface area contributed by atoms with Gasteiger partial charge in [0.15, 0.2) is 5.66 Å². The number of hydrogen-bond acceptors (Lipinski definition) is 5. The topological polar surface area (TPSA) is 75.3 Å². The Morgan fingerprint density at radius 3 is 2.89 bits per heavy atom. The first kappa shape index (κ1) is 16.8. The van der Waals surface area contributed by atoms with Gasteiger partial charge in [0.25, 0.3) is 0 Å². The molecule has 1 aliphatic carbocycles. The van der Waals surface area contributed by atoms with Crippen molar-refractivity contribution in [1.29, 1.82) is 0 Å².